The van der Waals surface area contributed by atoms with Gasteiger partial charge >= 0.3 is 0 Å². The van der Waals surface area contributed by atoms with Crippen LogP contribution in [0.5, 0.6) is 0 Å². The van der Waals surface area contributed by atoms with E-state index in [2.05, 4.69) is 20.4 Å². The maximum absolute atomic E-state index is 5.51. The van der Waals surface area contributed by atoms with E-state index in [1.165, 1.54) is 0 Å². The Kier molecular flexibility index (Phi) is 3.83. The van der Waals surface area contributed by atoms with Crippen molar-refractivity contribution in [2.75, 3.05) is 11.9 Å². The van der Waals surface area contributed by atoms with Gasteiger partial charge < -0.3 is 15.6 Å². The topological polar surface area (TPSA) is 89.9 Å². The molecule has 0 spiro atoms. The number of aryl methyl sites for hydroxylation is 1. The second-order valence-electron chi connectivity index (χ2n) is 3.68. The summed E-state index contributed by atoms with van der Waals surface area (Å²) in [5.74, 6) is 1.96. The van der Waals surface area contributed by atoms with Crippen molar-refractivity contribution < 1.29 is 4.52 Å². The first-order valence-corrected chi connectivity index (χ1v) is 5.86. The standard InChI is InChI=1S/C11H13N5OS/c1-7-14-10(17-16-7)5-6-13-9-4-2-3-8(15-9)11(12)18/h2-4H,5-6H2,1H3,(H2,12,18)(H,13,15). The van der Waals surface area contributed by atoms with Crippen molar-refractivity contribution in [1.82, 2.24) is 15.1 Å². The van der Waals surface area contributed by atoms with Gasteiger partial charge in [-0.2, -0.15) is 4.98 Å². The van der Waals surface area contributed by atoms with E-state index in [4.69, 9.17) is 22.5 Å². The van der Waals surface area contributed by atoms with Gasteiger partial charge in [0.25, 0.3) is 0 Å². The highest BCUT2D eigenvalue weighted by molar-refractivity contribution is 7.80. The van der Waals surface area contributed by atoms with Crippen molar-refractivity contribution in [3.05, 3.63) is 35.6 Å². The molecule has 0 radical (unpaired) electrons. The quantitative estimate of drug-likeness (QED) is 0.779. The van der Waals surface area contributed by atoms with Crippen molar-refractivity contribution in [3.8, 4) is 0 Å². The van der Waals surface area contributed by atoms with E-state index in [1.807, 2.05) is 12.1 Å². The molecular formula is C11H13N5OS. The average Bonchev–Trinajstić information content (AvgIpc) is 2.75. The van der Waals surface area contributed by atoms with Gasteiger partial charge in [-0.1, -0.05) is 23.4 Å². The molecule has 18 heavy (non-hydrogen) atoms. The van der Waals surface area contributed by atoms with Crippen molar-refractivity contribution in [3.63, 3.8) is 0 Å². The number of hydrogen-bond acceptors (Lipinski definition) is 6. The molecule has 2 aromatic rings. The number of nitrogens with one attached hydrogen (secondary N) is 1. The molecule has 3 N–H and O–H groups in total. The first-order valence-electron chi connectivity index (χ1n) is 5.45. The van der Waals surface area contributed by atoms with Crippen LogP contribution in [0, 0.1) is 6.92 Å². The highest BCUT2D eigenvalue weighted by atomic mass is 32.1. The predicted octanol–water partition coefficient (Wildman–Crippen LogP) is 1.06. The second-order valence-corrected chi connectivity index (χ2v) is 4.12. The van der Waals surface area contributed by atoms with Gasteiger partial charge in [0.15, 0.2) is 5.82 Å². The Morgan fingerprint density at radius 3 is 2.94 bits per heavy atom. The lowest BCUT2D eigenvalue weighted by Gasteiger charge is -2.05. The Hall–Kier alpha value is -2.02. The monoisotopic (exact) mass is 263 g/mol. The molecule has 0 aromatic carbocycles. The fraction of sp³-hybridized carbons (Fsp3) is 0.273. The summed E-state index contributed by atoms with van der Waals surface area (Å²) in [6, 6.07) is 5.47. The average molecular weight is 263 g/mol. The first-order chi connectivity index (χ1) is 8.65. The molecule has 2 heterocycles. The molecule has 2 rings (SSSR count). The van der Waals surface area contributed by atoms with Crippen LogP contribution in [-0.2, 0) is 6.42 Å². The third kappa shape index (κ3) is 3.24. The number of thiocarbonyl (C=S) groups is 1. The maximum Gasteiger partial charge on any atom is 0.228 e. The summed E-state index contributed by atoms with van der Waals surface area (Å²) in [7, 11) is 0. The van der Waals surface area contributed by atoms with Crippen molar-refractivity contribution in [2.45, 2.75) is 13.3 Å². The normalized spacial score (nSPS) is 10.3. The van der Waals surface area contributed by atoms with Crippen LogP contribution < -0.4 is 11.1 Å². The third-order valence-electron chi connectivity index (χ3n) is 2.22. The van der Waals surface area contributed by atoms with Gasteiger partial charge in [0.2, 0.25) is 5.89 Å². The van der Waals surface area contributed by atoms with E-state index < -0.39 is 0 Å². The molecule has 94 valence electrons. The molecule has 7 heteroatoms. The van der Waals surface area contributed by atoms with Crippen LogP contribution in [-0.4, -0.2) is 26.7 Å². The van der Waals surface area contributed by atoms with Crippen LogP contribution in [0.15, 0.2) is 22.7 Å². The number of nitrogens with two attached hydrogens (primary N) is 1. The Morgan fingerprint density at radius 1 is 1.44 bits per heavy atom. The van der Waals surface area contributed by atoms with E-state index in [9.17, 15) is 0 Å². The number of pyridine rings is 1. The Balaban J connectivity index is 1.90. The Morgan fingerprint density at radius 2 is 2.28 bits per heavy atom. The smallest absolute Gasteiger partial charge is 0.228 e. The van der Waals surface area contributed by atoms with Gasteiger partial charge in [-0.15, -0.1) is 0 Å². The van der Waals surface area contributed by atoms with Gasteiger partial charge in [-0.3, -0.25) is 0 Å². The zero-order chi connectivity index (χ0) is 13.0. The first kappa shape index (κ1) is 12.4. The largest absolute Gasteiger partial charge is 0.388 e. The van der Waals surface area contributed by atoms with Gasteiger partial charge in [0.05, 0.1) is 5.69 Å². The molecule has 6 nitrogen and oxygen atoms in total. The van der Waals surface area contributed by atoms with Crippen LogP contribution >= 0.6 is 12.2 Å². The molecule has 0 saturated heterocycles. The zero-order valence-electron chi connectivity index (χ0n) is 9.88. The highest BCUT2D eigenvalue weighted by Crippen LogP contribution is 2.05. The molecule has 0 aliphatic carbocycles. The summed E-state index contributed by atoms with van der Waals surface area (Å²) < 4.78 is 5.00. The summed E-state index contributed by atoms with van der Waals surface area (Å²) in [4.78, 5) is 8.66. The maximum atomic E-state index is 5.51. The molecule has 2 aromatic heterocycles. The predicted molar refractivity (Wildman–Crippen MR) is 71.4 cm³/mol. The van der Waals surface area contributed by atoms with Crippen molar-refractivity contribution >= 4 is 23.0 Å². The number of rotatable bonds is 5. The second kappa shape index (κ2) is 5.54. The fourth-order valence-electron chi connectivity index (χ4n) is 1.41. The summed E-state index contributed by atoms with van der Waals surface area (Å²) in [5, 5.41) is 6.86. The number of hydrogen-bond donors (Lipinski definition) is 2. The molecular weight excluding hydrogens is 250 g/mol. The number of nitrogens with zero attached hydrogens (tertiary/aromatic N) is 3. The SMILES string of the molecule is Cc1noc(CCNc2cccc(C(N)=S)n2)n1. The lowest BCUT2D eigenvalue weighted by atomic mass is 10.3. The summed E-state index contributed by atoms with van der Waals surface area (Å²) in [5.41, 5.74) is 6.11. The van der Waals surface area contributed by atoms with Crippen LogP contribution in [0.1, 0.15) is 17.4 Å². The van der Waals surface area contributed by atoms with E-state index >= 15 is 0 Å². The lowest BCUT2D eigenvalue weighted by Crippen LogP contribution is -2.13. The van der Waals surface area contributed by atoms with Gasteiger partial charge in [-0.25, -0.2) is 4.98 Å². The Bertz CT molecular complexity index is 554. The van der Waals surface area contributed by atoms with Crippen LogP contribution in [0.4, 0.5) is 5.82 Å². The zero-order valence-corrected chi connectivity index (χ0v) is 10.7. The molecule has 0 bridgehead atoms. The van der Waals surface area contributed by atoms with E-state index in [-0.39, 0.29) is 4.99 Å². The highest BCUT2D eigenvalue weighted by Gasteiger charge is 2.03. The Labute approximate surface area is 110 Å². The molecule has 0 atom stereocenters. The van der Waals surface area contributed by atoms with E-state index in [0.717, 1.165) is 5.82 Å². The van der Waals surface area contributed by atoms with Gasteiger partial charge in [0.1, 0.15) is 10.8 Å². The number of anilines is 1. The molecule has 0 saturated carbocycles. The summed E-state index contributed by atoms with van der Waals surface area (Å²) in [6.45, 7) is 2.43. The molecule has 0 aliphatic heterocycles. The lowest BCUT2D eigenvalue weighted by molar-refractivity contribution is 0.377. The van der Waals surface area contributed by atoms with Crippen molar-refractivity contribution in [2.24, 2.45) is 5.73 Å². The van der Waals surface area contributed by atoms with E-state index in [1.54, 1.807) is 13.0 Å². The summed E-state index contributed by atoms with van der Waals surface area (Å²) >= 11 is 4.87. The van der Waals surface area contributed by atoms with Crippen LogP contribution in [0.25, 0.3) is 0 Å². The summed E-state index contributed by atoms with van der Waals surface area (Å²) in [6.07, 6.45) is 0.639. The van der Waals surface area contributed by atoms with Crippen LogP contribution in [0.3, 0.4) is 0 Å². The fourth-order valence-corrected chi connectivity index (χ4v) is 1.52. The van der Waals surface area contributed by atoms with Gasteiger partial charge in [0, 0.05) is 13.0 Å². The molecule has 0 unspecified atom stereocenters. The minimum absolute atomic E-state index is 0.283. The minimum Gasteiger partial charge on any atom is -0.388 e. The minimum atomic E-state index is 0.283. The molecule has 0 aliphatic rings. The van der Waals surface area contributed by atoms with E-state index in [0.29, 0.717) is 30.4 Å². The van der Waals surface area contributed by atoms with Gasteiger partial charge in [-0.05, 0) is 19.1 Å². The van der Waals surface area contributed by atoms with Crippen molar-refractivity contribution in [1.29, 1.82) is 0 Å². The third-order valence-corrected chi connectivity index (χ3v) is 2.43. The molecule has 0 amide bonds. The van der Waals surface area contributed by atoms with Crippen LogP contribution in [0.2, 0.25) is 0 Å². The number of aromatic nitrogens is 3. The molecule has 0 fully saturated rings.